The molecule has 44 heavy (non-hydrogen) atoms. The molecule has 0 unspecified atom stereocenters. The Labute approximate surface area is 260 Å². The van der Waals surface area contributed by atoms with Crippen LogP contribution in [0, 0.1) is 5.92 Å². The number of carbonyl (C=O) groups excluding carboxylic acids is 3. The van der Waals surface area contributed by atoms with Crippen LogP contribution in [0.1, 0.15) is 71.8 Å². The Morgan fingerprint density at radius 1 is 1.20 bits per heavy atom. The van der Waals surface area contributed by atoms with Gasteiger partial charge in [0, 0.05) is 29.5 Å². The maximum Gasteiger partial charge on any atom is 0.408 e. The zero-order chi connectivity index (χ0) is 31.6. The number of nitrogens with zero attached hydrogens (tertiary/aromatic N) is 5. The molecule has 2 aromatic rings. The molecule has 3 heterocycles. The zero-order valence-electron chi connectivity index (χ0n) is 25.0. The summed E-state index contributed by atoms with van der Waals surface area (Å²) in [5.74, 6) is -2.17. The van der Waals surface area contributed by atoms with Crippen molar-refractivity contribution in [1.29, 1.82) is 0 Å². The van der Waals surface area contributed by atoms with Crippen molar-refractivity contribution in [3.05, 3.63) is 41.4 Å². The van der Waals surface area contributed by atoms with Gasteiger partial charge < -0.3 is 25.4 Å². The Balaban J connectivity index is 1.44. The summed E-state index contributed by atoms with van der Waals surface area (Å²) in [6.07, 6.45) is 6.86. The Morgan fingerprint density at radius 2 is 2.00 bits per heavy atom. The van der Waals surface area contributed by atoms with Crippen molar-refractivity contribution in [1.82, 2.24) is 35.7 Å². The Kier molecular flexibility index (Phi) is 8.96. The number of amides is 3. The molecular formula is C30H38ClN7O6. The van der Waals surface area contributed by atoms with E-state index in [1.807, 2.05) is 12.2 Å². The van der Waals surface area contributed by atoms with Crippen molar-refractivity contribution in [3.8, 4) is 11.4 Å². The molecule has 2 aliphatic heterocycles. The molecule has 1 saturated heterocycles. The molecule has 3 N–H and O–H groups in total. The lowest BCUT2D eigenvalue weighted by Crippen LogP contribution is -2.56. The number of allylic oxidation sites excluding steroid dienone is 1. The first-order chi connectivity index (χ1) is 20.9. The fourth-order valence-electron chi connectivity index (χ4n) is 5.82. The number of benzene rings is 1. The molecule has 13 nitrogen and oxygen atoms in total. The van der Waals surface area contributed by atoms with Crippen LogP contribution in [0.15, 0.2) is 36.4 Å². The fourth-order valence-corrected chi connectivity index (χ4v) is 6.01. The average Bonchev–Trinajstić information content (AvgIpc) is 3.27. The van der Waals surface area contributed by atoms with E-state index < -0.39 is 53.1 Å². The summed E-state index contributed by atoms with van der Waals surface area (Å²) in [7, 11) is 0. The van der Waals surface area contributed by atoms with E-state index in [1.54, 1.807) is 45.0 Å². The standard InChI is InChI=1S/C30H38ClN7O6/c1-29(2,3)44-28(43)32-22-13-8-6-4-5-7-11-19-16-30(19,27(41)42)33-25(39)23-15-21(17-37(23)26(22)40)38-35-24(34-36-38)18-10-9-12-20(31)14-18/h7,9-12,14,19,21-23H,4-6,8,13,15-17H2,1-3H3,(H,32,43)(H,33,39)(H,41,42)/b11-7-/t19-,21+,22-,23-,30+/m0/s1. The van der Waals surface area contributed by atoms with Gasteiger partial charge in [-0.15, -0.1) is 10.2 Å². The molecule has 0 radical (unpaired) electrons. The molecule has 1 aliphatic carbocycles. The fraction of sp³-hybridized carbons (Fsp3) is 0.567. The summed E-state index contributed by atoms with van der Waals surface area (Å²) < 4.78 is 5.43. The molecule has 236 valence electrons. The van der Waals surface area contributed by atoms with Crippen LogP contribution in [0.5, 0.6) is 0 Å². The first kappa shape index (κ1) is 31.4. The van der Waals surface area contributed by atoms with E-state index in [2.05, 4.69) is 26.0 Å². The van der Waals surface area contributed by atoms with E-state index in [1.165, 1.54) is 9.70 Å². The minimum absolute atomic E-state index is 0.0537. The number of alkyl carbamates (subject to hydrolysis) is 1. The Bertz CT molecular complexity index is 1460. The van der Waals surface area contributed by atoms with Gasteiger partial charge in [0.1, 0.15) is 23.2 Å². The summed E-state index contributed by atoms with van der Waals surface area (Å²) in [6.45, 7) is 5.25. The number of carboxylic acid groups (broad SMARTS) is 1. The van der Waals surface area contributed by atoms with Gasteiger partial charge in [-0.2, -0.15) is 4.80 Å². The Hall–Kier alpha value is -4.00. The topological polar surface area (TPSA) is 169 Å². The number of aromatic nitrogens is 4. The first-order valence-corrected chi connectivity index (χ1v) is 15.3. The molecule has 14 heteroatoms. The minimum atomic E-state index is -1.43. The number of carbonyl (C=O) groups is 4. The van der Waals surface area contributed by atoms with Gasteiger partial charge in [-0.1, -0.05) is 48.7 Å². The molecule has 0 bridgehead atoms. The number of hydrogen-bond acceptors (Lipinski definition) is 8. The van der Waals surface area contributed by atoms with E-state index in [4.69, 9.17) is 16.3 Å². The highest BCUT2D eigenvalue weighted by molar-refractivity contribution is 6.30. The third-order valence-corrected chi connectivity index (χ3v) is 8.40. The maximum atomic E-state index is 14.1. The van der Waals surface area contributed by atoms with Crippen LogP contribution in [0.25, 0.3) is 11.4 Å². The molecule has 3 amide bonds. The summed E-state index contributed by atoms with van der Waals surface area (Å²) in [5.41, 5.74) is -1.55. The molecule has 1 saturated carbocycles. The van der Waals surface area contributed by atoms with Crippen molar-refractivity contribution in [3.63, 3.8) is 0 Å². The lowest BCUT2D eigenvalue weighted by Gasteiger charge is -2.30. The van der Waals surface area contributed by atoms with Gasteiger partial charge in [-0.05, 0) is 63.8 Å². The monoisotopic (exact) mass is 627 g/mol. The largest absolute Gasteiger partial charge is 0.479 e. The predicted molar refractivity (Wildman–Crippen MR) is 159 cm³/mol. The van der Waals surface area contributed by atoms with Gasteiger partial charge in [-0.25, -0.2) is 9.59 Å². The Morgan fingerprint density at radius 3 is 2.73 bits per heavy atom. The minimum Gasteiger partial charge on any atom is -0.479 e. The second kappa shape index (κ2) is 12.5. The molecule has 0 spiro atoms. The number of nitrogens with one attached hydrogen (secondary N) is 2. The second-order valence-electron chi connectivity index (χ2n) is 12.7. The zero-order valence-corrected chi connectivity index (χ0v) is 25.8. The third kappa shape index (κ3) is 7.03. The molecule has 1 aromatic carbocycles. The van der Waals surface area contributed by atoms with Gasteiger partial charge in [0.25, 0.3) is 0 Å². The van der Waals surface area contributed by atoms with Crippen LogP contribution in [0.4, 0.5) is 4.79 Å². The number of rotatable bonds is 4. The number of halogens is 1. The quantitative estimate of drug-likeness (QED) is 0.429. The van der Waals surface area contributed by atoms with Gasteiger partial charge in [0.05, 0.1) is 6.04 Å². The van der Waals surface area contributed by atoms with E-state index in [9.17, 15) is 24.3 Å². The highest BCUT2D eigenvalue weighted by Gasteiger charge is 2.61. The van der Waals surface area contributed by atoms with Crippen LogP contribution in [0.2, 0.25) is 5.02 Å². The lowest BCUT2D eigenvalue weighted by atomic mass is 10.0. The molecular weight excluding hydrogens is 590 g/mol. The molecule has 5 atom stereocenters. The van der Waals surface area contributed by atoms with E-state index in [-0.39, 0.29) is 25.3 Å². The van der Waals surface area contributed by atoms with E-state index in [0.717, 1.165) is 19.3 Å². The lowest BCUT2D eigenvalue weighted by molar-refractivity contribution is -0.145. The van der Waals surface area contributed by atoms with Crippen molar-refractivity contribution < 1.29 is 29.0 Å². The van der Waals surface area contributed by atoms with Gasteiger partial charge in [0.2, 0.25) is 17.6 Å². The van der Waals surface area contributed by atoms with Crippen LogP contribution < -0.4 is 10.6 Å². The van der Waals surface area contributed by atoms with Crippen molar-refractivity contribution in [2.24, 2.45) is 5.92 Å². The number of hydrogen-bond donors (Lipinski definition) is 3. The smallest absolute Gasteiger partial charge is 0.408 e. The van der Waals surface area contributed by atoms with E-state index in [0.29, 0.717) is 29.3 Å². The number of fused-ring (bicyclic) bond motifs is 2. The predicted octanol–water partition coefficient (Wildman–Crippen LogP) is 3.51. The molecule has 1 aromatic heterocycles. The van der Waals surface area contributed by atoms with E-state index >= 15 is 0 Å². The number of ether oxygens (including phenoxy) is 1. The third-order valence-electron chi connectivity index (χ3n) is 8.17. The van der Waals surface area contributed by atoms with Crippen molar-refractivity contribution in [2.45, 2.75) is 95.0 Å². The second-order valence-corrected chi connectivity index (χ2v) is 13.1. The van der Waals surface area contributed by atoms with Crippen molar-refractivity contribution >= 4 is 35.5 Å². The van der Waals surface area contributed by atoms with Crippen LogP contribution in [-0.2, 0) is 19.1 Å². The maximum absolute atomic E-state index is 14.1. The SMILES string of the molecule is CC(C)(C)OC(=O)N[C@H]1CCCCC/C=C\[C@H]2C[C@@]2(C(=O)O)NC(=O)[C@@H]2C[C@@H](n3nnc(-c4cccc(Cl)c4)n3)CN2C1=O. The van der Waals surface area contributed by atoms with Gasteiger partial charge >= 0.3 is 12.1 Å². The summed E-state index contributed by atoms with van der Waals surface area (Å²) >= 11 is 6.13. The first-order valence-electron chi connectivity index (χ1n) is 14.9. The van der Waals surface area contributed by atoms with Crippen LogP contribution >= 0.6 is 11.6 Å². The number of carboxylic acids is 1. The molecule has 3 aliphatic rings. The normalized spacial score (nSPS) is 28.5. The number of tetrazole rings is 1. The van der Waals surface area contributed by atoms with Crippen molar-refractivity contribution in [2.75, 3.05) is 6.54 Å². The summed E-state index contributed by atoms with van der Waals surface area (Å²) in [5, 5.41) is 28.9. The van der Waals surface area contributed by atoms with Gasteiger partial charge in [0.15, 0.2) is 0 Å². The van der Waals surface area contributed by atoms with Crippen LogP contribution in [0.3, 0.4) is 0 Å². The van der Waals surface area contributed by atoms with Crippen LogP contribution in [-0.4, -0.2) is 83.9 Å². The highest BCUT2D eigenvalue weighted by Crippen LogP contribution is 2.45. The molecule has 5 rings (SSSR count). The molecule has 2 fully saturated rings. The highest BCUT2D eigenvalue weighted by atomic mass is 35.5. The van der Waals surface area contributed by atoms with Gasteiger partial charge in [-0.3, -0.25) is 9.59 Å². The summed E-state index contributed by atoms with van der Waals surface area (Å²) in [6, 6.07) is 4.48. The number of aliphatic carboxylic acids is 1. The summed E-state index contributed by atoms with van der Waals surface area (Å²) in [4.78, 5) is 55.8. The average molecular weight is 628 g/mol.